The predicted octanol–water partition coefficient (Wildman–Crippen LogP) is 1.25. The second-order valence-corrected chi connectivity index (χ2v) is 3.41. The Labute approximate surface area is 78.4 Å². The zero-order chi connectivity index (χ0) is 9.84. The molecule has 72 valence electrons. The Kier molecular flexibility index (Phi) is 3.14. The first kappa shape index (κ1) is 9.86. The van der Waals surface area contributed by atoms with E-state index in [4.69, 9.17) is 11.5 Å². The Hall–Kier alpha value is -1.22. The van der Waals surface area contributed by atoms with Crippen LogP contribution in [0.5, 0.6) is 5.75 Å². The van der Waals surface area contributed by atoms with Gasteiger partial charge in [-0.1, -0.05) is 6.07 Å². The molecule has 3 nitrogen and oxygen atoms in total. The van der Waals surface area contributed by atoms with Gasteiger partial charge in [0.05, 0.1) is 5.69 Å². The van der Waals surface area contributed by atoms with Crippen LogP contribution in [0.1, 0.15) is 18.9 Å². The summed E-state index contributed by atoms with van der Waals surface area (Å²) in [4.78, 5) is 0. The van der Waals surface area contributed by atoms with E-state index in [1.54, 1.807) is 12.1 Å². The number of aromatic hydroxyl groups is 1. The maximum Gasteiger partial charge on any atom is 0.138 e. The van der Waals surface area contributed by atoms with Crippen LogP contribution in [0.3, 0.4) is 0 Å². The number of hydrogen-bond acceptors (Lipinski definition) is 3. The van der Waals surface area contributed by atoms with Crippen molar-refractivity contribution in [1.29, 1.82) is 0 Å². The molecule has 0 aromatic heterocycles. The number of nitrogen functional groups attached to an aromatic ring is 1. The molecule has 1 aromatic carbocycles. The van der Waals surface area contributed by atoms with Gasteiger partial charge in [-0.3, -0.25) is 0 Å². The fraction of sp³-hybridized carbons (Fsp3) is 0.400. The van der Waals surface area contributed by atoms with Crippen LogP contribution in [0.15, 0.2) is 18.2 Å². The van der Waals surface area contributed by atoms with E-state index in [1.165, 1.54) is 0 Å². The number of hydrogen-bond donors (Lipinski definition) is 3. The van der Waals surface area contributed by atoms with Crippen molar-refractivity contribution in [3.8, 4) is 5.75 Å². The highest BCUT2D eigenvalue weighted by atomic mass is 16.3. The summed E-state index contributed by atoms with van der Waals surface area (Å²) in [5.74, 6) is 0.155. The van der Waals surface area contributed by atoms with Crippen LogP contribution in [0.4, 0.5) is 5.69 Å². The molecule has 0 heterocycles. The van der Waals surface area contributed by atoms with E-state index in [2.05, 4.69) is 0 Å². The molecule has 1 atom stereocenters. The maximum atomic E-state index is 9.31. The van der Waals surface area contributed by atoms with Gasteiger partial charge in [-0.2, -0.15) is 0 Å². The lowest BCUT2D eigenvalue weighted by atomic mass is 10.1. The maximum absolute atomic E-state index is 9.31. The molecule has 0 aliphatic heterocycles. The normalized spacial score (nSPS) is 12.8. The van der Waals surface area contributed by atoms with Gasteiger partial charge in [0.25, 0.3) is 0 Å². The summed E-state index contributed by atoms with van der Waals surface area (Å²) in [5, 5.41) is 9.31. The first-order valence-corrected chi connectivity index (χ1v) is 4.42. The van der Waals surface area contributed by atoms with E-state index < -0.39 is 0 Å². The molecule has 3 heteroatoms. The van der Waals surface area contributed by atoms with Gasteiger partial charge in [0.2, 0.25) is 0 Å². The lowest BCUT2D eigenvalue weighted by Gasteiger charge is -2.06. The van der Waals surface area contributed by atoms with Gasteiger partial charge in [0.1, 0.15) is 5.75 Å². The monoisotopic (exact) mass is 180 g/mol. The summed E-state index contributed by atoms with van der Waals surface area (Å²) >= 11 is 0. The van der Waals surface area contributed by atoms with Gasteiger partial charge in [-0.15, -0.1) is 0 Å². The second-order valence-electron chi connectivity index (χ2n) is 3.41. The topological polar surface area (TPSA) is 72.3 Å². The Morgan fingerprint density at radius 3 is 2.69 bits per heavy atom. The fourth-order valence-electron chi connectivity index (χ4n) is 1.14. The third-order valence-electron chi connectivity index (χ3n) is 1.98. The summed E-state index contributed by atoms with van der Waals surface area (Å²) in [6.45, 7) is 1.97. The van der Waals surface area contributed by atoms with Crippen LogP contribution < -0.4 is 11.5 Å². The molecule has 0 bridgehead atoms. The second kappa shape index (κ2) is 4.14. The van der Waals surface area contributed by atoms with E-state index in [9.17, 15) is 5.11 Å². The first-order valence-electron chi connectivity index (χ1n) is 4.42. The van der Waals surface area contributed by atoms with Crippen LogP contribution in [-0.2, 0) is 6.42 Å². The van der Waals surface area contributed by atoms with Crippen LogP contribution in [-0.4, -0.2) is 11.1 Å². The molecule has 0 unspecified atom stereocenters. The minimum Gasteiger partial charge on any atom is -0.506 e. The van der Waals surface area contributed by atoms with Crippen molar-refractivity contribution in [1.82, 2.24) is 0 Å². The zero-order valence-corrected chi connectivity index (χ0v) is 7.83. The van der Waals surface area contributed by atoms with Crippen LogP contribution >= 0.6 is 0 Å². The van der Waals surface area contributed by atoms with Crippen molar-refractivity contribution in [2.24, 2.45) is 5.73 Å². The molecular weight excluding hydrogens is 164 g/mol. The van der Waals surface area contributed by atoms with Crippen molar-refractivity contribution < 1.29 is 5.11 Å². The predicted molar refractivity (Wildman–Crippen MR) is 54.5 cm³/mol. The molecule has 1 aromatic rings. The number of phenols is 1. The molecule has 13 heavy (non-hydrogen) atoms. The van der Waals surface area contributed by atoms with Gasteiger partial charge >= 0.3 is 0 Å². The van der Waals surface area contributed by atoms with Gasteiger partial charge < -0.3 is 16.6 Å². The minimum atomic E-state index is 0.155. The average Bonchev–Trinajstić information content (AvgIpc) is 2.07. The highest BCUT2D eigenvalue weighted by molar-refractivity contribution is 5.52. The van der Waals surface area contributed by atoms with Crippen molar-refractivity contribution in [3.63, 3.8) is 0 Å². The SMILES string of the molecule is C[C@H](N)CCc1ccc(N)c(O)c1. The summed E-state index contributed by atoms with van der Waals surface area (Å²) in [5.41, 5.74) is 12.6. The van der Waals surface area contributed by atoms with Crippen LogP contribution in [0.25, 0.3) is 0 Å². The van der Waals surface area contributed by atoms with E-state index in [-0.39, 0.29) is 11.8 Å². The Morgan fingerprint density at radius 1 is 1.46 bits per heavy atom. The Balaban J connectivity index is 2.63. The minimum absolute atomic E-state index is 0.155. The third kappa shape index (κ3) is 2.95. The lowest BCUT2D eigenvalue weighted by molar-refractivity contribution is 0.477. The summed E-state index contributed by atoms with van der Waals surface area (Å²) in [6.07, 6.45) is 1.80. The Morgan fingerprint density at radius 2 is 2.15 bits per heavy atom. The molecule has 0 saturated carbocycles. The van der Waals surface area contributed by atoms with E-state index in [1.807, 2.05) is 13.0 Å². The molecule has 0 radical (unpaired) electrons. The van der Waals surface area contributed by atoms with Crippen LogP contribution in [0.2, 0.25) is 0 Å². The highest BCUT2D eigenvalue weighted by Gasteiger charge is 2.00. The lowest BCUT2D eigenvalue weighted by Crippen LogP contribution is -2.15. The summed E-state index contributed by atoms with van der Waals surface area (Å²) in [6, 6.07) is 5.51. The van der Waals surface area contributed by atoms with Gasteiger partial charge in [-0.05, 0) is 37.5 Å². The number of aryl methyl sites for hydroxylation is 1. The average molecular weight is 180 g/mol. The fourth-order valence-corrected chi connectivity index (χ4v) is 1.14. The summed E-state index contributed by atoms with van der Waals surface area (Å²) in [7, 11) is 0. The van der Waals surface area contributed by atoms with Crippen LogP contribution in [0, 0.1) is 0 Å². The first-order chi connectivity index (χ1) is 6.09. The van der Waals surface area contributed by atoms with Gasteiger partial charge in [0, 0.05) is 6.04 Å². The van der Waals surface area contributed by atoms with Crippen molar-refractivity contribution in [3.05, 3.63) is 23.8 Å². The van der Waals surface area contributed by atoms with Crippen molar-refractivity contribution >= 4 is 5.69 Å². The van der Waals surface area contributed by atoms with E-state index in [0.29, 0.717) is 5.69 Å². The number of benzene rings is 1. The Bertz CT molecular complexity index is 284. The number of anilines is 1. The van der Waals surface area contributed by atoms with Gasteiger partial charge in [-0.25, -0.2) is 0 Å². The van der Waals surface area contributed by atoms with E-state index in [0.717, 1.165) is 18.4 Å². The molecule has 0 aliphatic carbocycles. The molecule has 1 rings (SSSR count). The number of nitrogens with two attached hydrogens (primary N) is 2. The molecule has 0 fully saturated rings. The molecule has 0 aliphatic rings. The smallest absolute Gasteiger partial charge is 0.138 e. The summed E-state index contributed by atoms with van der Waals surface area (Å²) < 4.78 is 0. The highest BCUT2D eigenvalue weighted by Crippen LogP contribution is 2.21. The number of phenolic OH excluding ortho intramolecular Hbond substituents is 1. The third-order valence-corrected chi connectivity index (χ3v) is 1.98. The molecule has 5 N–H and O–H groups in total. The van der Waals surface area contributed by atoms with Crippen molar-refractivity contribution in [2.45, 2.75) is 25.8 Å². The largest absolute Gasteiger partial charge is 0.506 e. The van der Waals surface area contributed by atoms with E-state index >= 15 is 0 Å². The van der Waals surface area contributed by atoms with Gasteiger partial charge in [0.15, 0.2) is 0 Å². The molecule has 0 spiro atoms. The molecule has 0 saturated heterocycles. The zero-order valence-electron chi connectivity index (χ0n) is 7.83. The van der Waals surface area contributed by atoms with Crippen molar-refractivity contribution in [2.75, 3.05) is 5.73 Å². The standard InChI is InChI=1S/C10H16N2O/c1-7(11)2-3-8-4-5-9(12)10(13)6-8/h4-7,13H,2-3,11-12H2,1H3/t7-/m0/s1. The molecule has 0 amide bonds. The number of rotatable bonds is 3. The molecular formula is C10H16N2O. The quantitative estimate of drug-likeness (QED) is 0.484.